The van der Waals surface area contributed by atoms with Crippen molar-refractivity contribution < 1.29 is 4.74 Å². The molecule has 1 unspecified atom stereocenters. The molecule has 0 amide bonds. The number of rotatable bonds is 5. The Bertz CT molecular complexity index is 706. The number of fused-ring (bicyclic) bond motifs is 1. The third-order valence-electron chi connectivity index (χ3n) is 3.84. The number of aromatic nitrogens is 1. The Balaban J connectivity index is 1.43. The SMILES string of the molecule is Cc1ccc2c(n1)OC(CNCCc1ccc(C#N)cc1)CN2. The molecule has 1 atom stereocenters. The van der Waals surface area contributed by atoms with Crippen molar-refractivity contribution in [1.29, 1.82) is 5.26 Å². The van der Waals surface area contributed by atoms with Crippen LogP contribution in [0.4, 0.5) is 5.69 Å². The van der Waals surface area contributed by atoms with E-state index < -0.39 is 0 Å². The van der Waals surface area contributed by atoms with E-state index in [2.05, 4.69) is 21.7 Å². The van der Waals surface area contributed by atoms with E-state index in [-0.39, 0.29) is 6.10 Å². The van der Waals surface area contributed by atoms with Gasteiger partial charge in [-0.05, 0) is 49.7 Å². The van der Waals surface area contributed by atoms with E-state index >= 15 is 0 Å². The van der Waals surface area contributed by atoms with Crippen molar-refractivity contribution in [3.63, 3.8) is 0 Å². The first-order valence-corrected chi connectivity index (χ1v) is 7.82. The fourth-order valence-electron chi connectivity index (χ4n) is 2.54. The Morgan fingerprint density at radius 3 is 2.91 bits per heavy atom. The Morgan fingerprint density at radius 1 is 1.30 bits per heavy atom. The van der Waals surface area contributed by atoms with Crippen molar-refractivity contribution in [2.75, 3.05) is 25.0 Å². The third kappa shape index (κ3) is 3.99. The predicted octanol–water partition coefficient (Wildman–Crippen LogP) is 2.27. The van der Waals surface area contributed by atoms with Gasteiger partial charge in [0, 0.05) is 12.2 Å². The minimum absolute atomic E-state index is 0.0813. The summed E-state index contributed by atoms with van der Waals surface area (Å²) in [4.78, 5) is 4.42. The van der Waals surface area contributed by atoms with Crippen LogP contribution in [0.2, 0.25) is 0 Å². The van der Waals surface area contributed by atoms with E-state index in [1.807, 2.05) is 43.3 Å². The predicted molar refractivity (Wildman–Crippen MR) is 89.6 cm³/mol. The molecule has 2 aromatic rings. The van der Waals surface area contributed by atoms with Gasteiger partial charge in [0.15, 0.2) is 0 Å². The zero-order chi connectivity index (χ0) is 16.1. The number of pyridine rings is 1. The van der Waals surface area contributed by atoms with Crippen LogP contribution >= 0.6 is 0 Å². The molecule has 118 valence electrons. The molecule has 2 N–H and O–H groups in total. The summed E-state index contributed by atoms with van der Waals surface area (Å²) in [5.41, 5.74) is 3.84. The number of anilines is 1. The summed E-state index contributed by atoms with van der Waals surface area (Å²) in [6, 6.07) is 13.8. The lowest BCUT2D eigenvalue weighted by atomic mass is 10.1. The molecule has 0 bridgehead atoms. The number of aryl methyl sites for hydroxylation is 1. The summed E-state index contributed by atoms with van der Waals surface area (Å²) < 4.78 is 5.92. The first-order chi connectivity index (χ1) is 11.2. The summed E-state index contributed by atoms with van der Waals surface area (Å²) in [5, 5.41) is 15.6. The van der Waals surface area contributed by atoms with Gasteiger partial charge in [-0.15, -0.1) is 0 Å². The molecule has 23 heavy (non-hydrogen) atoms. The molecule has 5 heteroatoms. The number of nitriles is 1. The molecule has 3 rings (SSSR count). The largest absolute Gasteiger partial charge is 0.470 e. The summed E-state index contributed by atoms with van der Waals surface area (Å²) in [5.74, 6) is 0.690. The highest BCUT2D eigenvalue weighted by Crippen LogP contribution is 2.26. The quantitative estimate of drug-likeness (QED) is 0.829. The molecule has 0 aliphatic carbocycles. The summed E-state index contributed by atoms with van der Waals surface area (Å²) in [7, 11) is 0. The van der Waals surface area contributed by atoms with Gasteiger partial charge in [0.2, 0.25) is 5.88 Å². The molecule has 1 aromatic carbocycles. The molecule has 1 aliphatic rings. The molecular weight excluding hydrogens is 288 g/mol. The smallest absolute Gasteiger partial charge is 0.237 e. The van der Waals surface area contributed by atoms with Crippen molar-refractivity contribution in [2.45, 2.75) is 19.4 Å². The lowest BCUT2D eigenvalue weighted by Crippen LogP contribution is -2.40. The number of hydrogen-bond acceptors (Lipinski definition) is 5. The topological polar surface area (TPSA) is 70.0 Å². The van der Waals surface area contributed by atoms with Gasteiger partial charge in [-0.2, -0.15) is 5.26 Å². The van der Waals surface area contributed by atoms with Crippen molar-refractivity contribution >= 4 is 5.69 Å². The lowest BCUT2D eigenvalue weighted by molar-refractivity contribution is 0.194. The molecule has 1 aromatic heterocycles. The van der Waals surface area contributed by atoms with Crippen LogP contribution in [-0.4, -0.2) is 30.7 Å². The first-order valence-electron chi connectivity index (χ1n) is 7.82. The Labute approximate surface area is 136 Å². The maximum absolute atomic E-state index is 8.79. The standard InChI is InChI=1S/C18H20N4O/c1-13-2-7-17-18(22-13)23-16(12-21-17)11-20-9-8-14-3-5-15(10-19)6-4-14/h2-7,16,20-21H,8-9,11-12H2,1H3. The molecule has 2 heterocycles. The fourth-order valence-corrected chi connectivity index (χ4v) is 2.54. The van der Waals surface area contributed by atoms with Crippen molar-refractivity contribution in [2.24, 2.45) is 0 Å². The number of nitrogens with one attached hydrogen (secondary N) is 2. The molecule has 0 radical (unpaired) electrons. The molecule has 0 fully saturated rings. The highest BCUT2D eigenvalue weighted by Gasteiger charge is 2.19. The summed E-state index contributed by atoms with van der Waals surface area (Å²) in [6.07, 6.45) is 1.01. The summed E-state index contributed by atoms with van der Waals surface area (Å²) in [6.45, 7) is 4.39. The summed E-state index contributed by atoms with van der Waals surface area (Å²) >= 11 is 0. The molecule has 5 nitrogen and oxygen atoms in total. The Hall–Kier alpha value is -2.58. The fraction of sp³-hybridized carbons (Fsp3) is 0.333. The van der Waals surface area contributed by atoms with Crippen LogP contribution in [0, 0.1) is 18.3 Å². The van der Waals surface area contributed by atoms with E-state index in [0.717, 1.165) is 37.4 Å². The van der Waals surface area contributed by atoms with E-state index in [0.29, 0.717) is 11.4 Å². The van der Waals surface area contributed by atoms with Crippen LogP contribution in [0.1, 0.15) is 16.8 Å². The van der Waals surface area contributed by atoms with Gasteiger partial charge in [0.1, 0.15) is 6.10 Å². The van der Waals surface area contributed by atoms with E-state index in [1.165, 1.54) is 5.56 Å². The van der Waals surface area contributed by atoms with Gasteiger partial charge in [0.05, 0.1) is 23.9 Å². The second kappa shape index (κ2) is 7.12. The average molecular weight is 308 g/mol. The van der Waals surface area contributed by atoms with Crippen LogP contribution in [0.25, 0.3) is 0 Å². The second-order valence-corrected chi connectivity index (χ2v) is 5.69. The number of benzene rings is 1. The monoisotopic (exact) mass is 308 g/mol. The highest BCUT2D eigenvalue weighted by molar-refractivity contribution is 5.54. The van der Waals surface area contributed by atoms with Crippen LogP contribution < -0.4 is 15.4 Å². The second-order valence-electron chi connectivity index (χ2n) is 5.69. The molecular formula is C18H20N4O. The molecule has 1 aliphatic heterocycles. The van der Waals surface area contributed by atoms with Gasteiger partial charge in [-0.25, -0.2) is 4.98 Å². The van der Waals surface area contributed by atoms with Crippen LogP contribution in [-0.2, 0) is 6.42 Å². The average Bonchev–Trinajstić information content (AvgIpc) is 2.59. The highest BCUT2D eigenvalue weighted by atomic mass is 16.5. The van der Waals surface area contributed by atoms with Crippen LogP contribution in [0.5, 0.6) is 5.88 Å². The third-order valence-corrected chi connectivity index (χ3v) is 3.84. The zero-order valence-corrected chi connectivity index (χ0v) is 13.2. The molecule has 0 saturated carbocycles. The maximum atomic E-state index is 8.79. The normalized spacial score (nSPS) is 15.9. The van der Waals surface area contributed by atoms with Gasteiger partial charge < -0.3 is 15.4 Å². The Morgan fingerprint density at radius 2 is 2.13 bits per heavy atom. The van der Waals surface area contributed by atoms with E-state index in [4.69, 9.17) is 10.00 Å². The van der Waals surface area contributed by atoms with E-state index in [1.54, 1.807) is 0 Å². The van der Waals surface area contributed by atoms with Gasteiger partial charge in [0.25, 0.3) is 0 Å². The minimum Gasteiger partial charge on any atom is -0.470 e. The van der Waals surface area contributed by atoms with Crippen molar-refractivity contribution in [3.05, 3.63) is 53.2 Å². The van der Waals surface area contributed by atoms with E-state index in [9.17, 15) is 0 Å². The van der Waals surface area contributed by atoms with Crippen LogP contribution in [0.15, 0.2) is 36.4 Å². The Kier molecular flexibility index (Phi) is 4.74. The molecule has 0 saturated heterocycles. The molecule has 0 spiro atoms. The van der Waals surface area contributed by atoms with Crippen LogP contribution in [0.3, 0.4) is 0 Å². The number of ether oxygens (including phenoxy) is 1. The van der Waals surface area contributed by atoms with Crippen molar-refractivity contribution in [1.82, 2.24) is 10.3 Å². The van der Waals surface area contributed by atoms with Gasteiger partial charge >= 0.3 is 0 Å². The number of hydrogen-bond donors (Lipinski definition) is 2. The zero-order valence-electron chi connectivity index (χ0n) is 13.2. The lowest BCUT2D eigenvalue weighted by Gasteiger charge is -2.26. The first kappa shape index (κ1) is 15.3. The maximum Gasteiger partial charge on any atom is 0.237 e. The van der Waals surface area contributed by atoms with Gasteiger partial charge in [-0.3, -0.25) is 0 Å². The number of nitrogens with zero attached hydrogens (tertiary/aromatic N) is 2. The minimum atomic E-state index is 0.0813. The van der Waals surface area contributed by atoms with Gasteiger partial charge in [-0.1, -0.05) is 12.1 Å². The van der Waals surface area contributed by atoms with Crippen molar-refractivity contribution in [3.8, 4) is 11.9 Å².